The van der Waals surface area contributed by atoms with Gasteiger partial charge in [-0.1, -0.05) is 41.9 Å². The van der Waals surface area contributed by atoms with Crippen LogP contribution >= 0.6 is 22.9 Å². The summed E-state index contributed by atoms with van der Waals surface area (Å²) < 4.78 is 1.01. The summed E-state index contributed by atoms with van der Waals surface area (Å²) in [6.07, 6.45) is 0. The Bertz CT molecular complexity index is 1120. The largest absolute Gasteiger partial charge is 0.325 e. The van der Waals surface area contributed by atoms with Gasteiger partial charge in [0, 0.05) is 15.0 Å². The highest BCUT2D eigenvalue weighted by Crippen LogP contribution is 2.37. The molecule has 0 saturated carbocycles. The first-order valence-corrected chi connectivity index (χ1v) is 9.44. The molecule has 1 unspecified atom stereocenters. The lowest BCUT2D eigenvalue weighted by Crippen LogP contribution is -2.40. The van der Waals surface area contributed by atoms with Crippen LogP contribution in [0.2, 0.25) is 5.02 Å². The van der Waals surface area contributed by atoms with Crippen molar-refractivity contribution < 1.29 is 9.59 Å². The Balaban J connectivity index is 1.66. The number of halogens is 1. The predicted molar refractivity (Wildman–Crippen MR) is 104 cm³/mol. The summed E-state index contributed by atoms with van der Waals surface area (Å²) in [5.74, 6) is -0.342. The van der Waals surface area contributed by atoms with Crippen LogP contribution in [0.25, 0.3) is 10.1 Å². The number of carbonyl (C=O) groups excluding carboxylic acids is 2. The number of urea groups is 1. The number of imide groups is 1. The van der Waals surface area contributed by atoms with Crippen molar-refractivity contribution in [1.82, 2.24) is 10.2 Å². The summed E-state index contributed by atoms with van der Waals surface area (Å²) in [6.45, 7) is 1.79. The van der Waals surface area contributed by atoms with Gasteiger partial charge in [0.05, 0.1) is 23.2 Å². The van der Waals surface area contributed by atoms with Crippen LogP contribution in [-0.2, 0) is 16.9 Å². The second-order valence-corrected chi connectivity index (χ2v) is 7.99. The molecule has 134 valence electrons. The van der Waals surface area contributed by atoms with Gasteiger partial charge in [-0.25, -0.2) is 4.79 Å². The zero-order valence-electron chi connectivity index (χ0n) is 14.3. The van der Waals surface area contributed by atoms with Crippen molar-refractivity contribution in [3.05, 3.63) is 69.6 Å². The quantitative estimate of drug-likeness (QED) is 0.668. The van der Waals surface area contributed by atoms with E-state index in [1.54, 1.807) is 31.2 Å². The average molecular weight is 396 g/mol. The summed E-state index contributed by atoms with van der Waals surface area (Å²) >= 11 is 7.94. The zero-order valence-corrected chi connectivity index (χ0v) is 15.9. The van der Waals surface area contributed by atoms with Crippen molar-refractivity contribution in [3.8, 4) is 6.07 Å². The monoisotopic (exact) mass is 395 g/mol. The number of nitriles is 1. The van der Waals surface area contributed by atoms with E-state index in [1.165, 1.54) is 16.2 Å². The summed E-state index contributed by atoms with van der Waals surface area (Å²) in [6, 6.07) is 15.9. The van der Waals surface area contributed by atoms with E-state index in [4.69, 9.17) is 16.9 Å². The molecule has 1 aromatic heterocycles. The molecular weight excluding hydrogens is 382 g/mol. The van der Waals surface area contributed by atoms with E-state index in [0.717, 1.165) is 15.0 Å². The molecule has 1 saturated heterocycles. The fraction of sp³-hybridized carbons (Fsp3) is 0.150. The summed E-state index contributed by atoms with van der Waals surface area (Å²) in [5, 5.41) is 13.2. The Labute approximate surface area is 164 Å². The summed E-state index contributed by atoms with van der Waals surface area (Å²) in [5.41, 5.74) is -0.0494. The highest BCUT2D eigenvalue weighted by molar-refractivity contribution is 7.19. The van der Waals surface area contributed by atoms with Crippen molar-refractivity contribution in [2.45, 2.75) is 19.0 Å². The smallest absolute Gasteiger partial charge is 0.319 e. The Morgan fingerprint density at radius 2 is 1.89 bits per heavy atom. The van der Waals surface area contributed by atoms with Crippen LogP contribution in [0, 0.1) is 11.3 Å². The number of thiophene rings is 1. The minimum Gasteiger partial charge on any atom is -0.319 e. The molecule has 0 bridgehead atoms. The van der Waals surface area contributed by atoms with Crippen molar-refractivity contribution in [3.63, 3.8) is 0 Å². The van der Waals surface area contributed by atoms with E-state index in [1.807, 2.05) is 30.3 Å². The molecule has 0 spiro atoms. The van der Waals surface area contributed by atoms with Gasteiger partial charge in [-0.05, 0) is 30.7 Å². The van der Waals surface area contributed by atoms with Crippen LogP contribution in [0.5, 0.6) is 0 Å². The normalized spacial score (nSPS) is 19.4. The van der Waals surface area contributed by atoms with Gasteiger partial charge >= 0.3 is 6.03 Å². The van der Waals surface area contributed by atoms with Gasteiger partial charge < -0.3 is 5.32 Å². The van der Waals surface area contributed by atoms with E-state index < -0.39 is 11.6 Å². The number of nitrogens with zero attached hydrogens (tertiary/aromatic N) is 2. The van der Waals surface area contributed by atoms with Crippen molar-refractivity contribution in [1.29, 1.82) is 5.26 Å². The molecule has 1 fully saturated rings. The molecule has 1 atom stereocenters. The molecule has 27 heavy (non-hydrogen) atoms. The number of hydrogen-bond acceptors (Lipinski definition) is 4. The second-order valence-electron chi connectivity index (χ2n) is 6.47. The van der Waals surface area contributed by atoms with Crippen molar-refractivity contribution in [2.24, 2.45) is 0 Å². The fourth-order valence-electron chi connectivity index (χ4n) is 3.22. The molecular formula is C20H14ClN3O2S. The van der Waals surface area contributed by atoms with Crippen LogP contribution in [0.4, 0.5) is 4.79 Å². The number of carbonyl (C=O) groups is 2. The van der Waals surface area contributed by atoms with Crippen LogP contribution in [0.3, 0.4) is 0 Å². The topological polar surface area (TPSA) is 73.2 Å². The molecule has 4 rings (SSSR count). The van der Waals surface area contributed by atoms with Crippen molar-refractivity contribution in [2.75, 3.05) is 0 Å². The number of fused-ring (bicyclic) bond motifs is 1. The lowest BCUT2D eigenvalue weighted by atomic mass is 9.91. The molecule has 3 aromatic rings. The molecule has 2 aromatic carbocycles. The first-order chi connectivity index (χ1) is 12.9. The molecule has 0 aliphatic carbocycles. The van der Waals surface area contributed by atoms with Crippen LogP contribution in [0.1, 0.15) is 22.9 Å². The first kappa shape index (κ1) is 17.5. The molecule has 5 nitrogen and oxygen atoms in total. The second kappa shape index (κ2) is 6.38. The van der Waals surface area contributed by atoms with Gasteiger partial charge in [0.25, 0.3) is 5.91 Å². The van der Waals surface area contributed by atoms with E-state index in [0.29, 0.717) is 16.1 Å². The average Bonchev–Trinajstić information content (AvgIpc) is 3.11. The molecule has 3 amide bonds. The molecule has 1 N–H and O–H groups in total. The SMILES string of the molecule is CC1(c2ccc(C#N)cc2)NC(=O)N(Cc2sc3ccccc3c2Cl)C1=O. The molecule has 1 aliphatic heterocycles. The Hall–Kier alpha value is -2.88. The first-order valence-electron chi connectivity index (χ1n) is 8.24. The van der Waals surface area contributed by atoms with Gasteiger partial charge in [0.2, 0.25) is 0 Å². The number of nitrogens with one attached hydrogen (secondary N) is 1. The predicted octanol–water partition coefficient (Wildman–Crippen LogP) is 4.39. The molecule has 7 heteroatoms. The Morgan fingerprint density at radius 1 is 1.19 bits per heavy atom. The van der Waals surface area contributed by atoms with Crippen LogP contribution in [-0.4, -0.2) is 16.8 Å². The highest BCUT2D eigenvalue weighted by atomic mass is 35.5. The maximum absolute atomic E-state index is 13.1. The van der Waals surface area contributed by atoms with E-state index in [9.17, 15) is 9.59 Å². The van der Waals surface area contributed by atoms with Crippen molar-refractivity contribution >= 4 is 45.0 Å². The van der Waals surface area contributed by atoms with Gasteiger partial charge in [0.15, 0.2) is 0 Å². The summed E-state index contributed by atoms with van der Waals surface area (Å²) in [4.78, 5) is 27.6. The third-order valence-electron chi connectivity index (χ3n) is 4.77. The standard InChI is InChI=1S/C20H14ClN3O2S/c1-20(13-8-6-12(10-22)7-9-13)18(25)24(19(26)23-20)11-16-17(21)14-4-2-3-5-15(14)27-16/h2-9H,11H2,1H3,(H,23,26). The van der Waals surface area contributed by atoms with E-state index in [2.05, 4.69) is 5.32 Å². The minimum absolute atomic E-state index is 0.120. The van der Waals surface area contributed by atoms with Gasteiger partial charge in [-0.2, -0.15) is 5.26 Å². The van der Waals surface area contributed by atoms with Crippen LogP contribution in [0.15, 0.2) is 48.5 Å². The maximum atomic E-state index is 13.1. The zero-order chi connectivity index (χ0) is 19.2. The number of rotatable bonds is 3. The Kier molecular flexibility index (Phi) is 4.14. The number of hydrogen-bond donors (Lipinski definition) is 1. The highest BCUT2D eigenvalue weighted by Gasteiger charge is 2.49. The fourth-order valence-corrected chi connectivity index (χ4v) is 4.71. The van der Waals surface area contributed by atoms with Crippen LogP contribution < -0.4 is 5.32 Å². The number of benzene rings is 2. The minimum atomic E-state index is -1.17. The molecule has 1 aliphatic rings. The lowest BCUT2D eigenvalue weighted by molar-refractivity contribution is -0.131. The Morgan fingerprint density at radius 3 is 2.56 bits per heavy atom. The molecule has 0 radical (unpaired) electrons. The molecule has 2 heterocycles. The number of amides is 3. The van der Waals surface area contributed by atoms with Gasteiger partial charge in [-0.3, -0.25) is 9.69 Å². The summed E-state index contributed by atoms with van der Waals surface area (Å²) in [7, 11) is 0. The lowest BCUT2D eigenvalue weighted by Gasteiger charge is -2.22. The third kappa shape index (κ3) is 2.76. The van der Waals surface area contributed by atoms with E-state index in [-0.39, 0.29) is 12.5 Å². The van der Waals surface area contributed by atoms with Gasteiger partial charge in [-0.15, -0.1) is 11.3 Å². The maximum Gasteiger partial charge on any atom is 0.325 e. The van der Waals surface area contributed by atoms with E-state index >= 15 is 0 Å². The van der Waals surface area contributed by atoms with Gasteiger partial charge in [0.1, 0.15) is 5.54 Å². The third-order valence-corrected chi connectivity index (χ3v) is 6.47.